The Kier molecular flexibility index (Phi) is 8.08. The van der Waals surface area contributed by atoms with E-state index in [9.17, 15) is 19.8 Å². The van der Waals surface area contributed by atoms with Gasteiger partial charge in [0.2, 0.25) is 5.43 Å². The van der Waals surface area contributed by atoms with Crippen molar-refractivity contribution in [2.24, 2.45) is 0 Å². The van der Waals surface area contributed by atoms with Crippen LogP contribution < -0.4 is 10.3 Å². The molecule has 0 fully saturated rings. The number of hydrogen-bond donors (Lipinski definition) is 3. The average molecular weight is 597 g/mol. The van der Waals surface area contributed by atoms with Crippen molar-refractivity contribution < 1.29 is 15.0 Å². The second kappa shape index (κ2) is 10.8. The normalized spacial score (nSPS) is 12.9. The molecule has 6 heteroatoms. The van der Waals surface area contributed by atoms with E-state index >= 15 is 0 Å². The molecule has 234 valence electrons. The molecule has 0 saturated carbocycles. The van der Waals surface area contributed by atoms with Crippen LogP contribution in [0.2, 0.25) is 0 Å². The molecule has 3 N–H and O–H groups in total. The Morgan fingerprint density at radius 2 is 1.05 bits per heavy atom. The van der Waals surface area contributed by atoms with E-state index in [1.54, 1.807) is 30.3 Å². The van der Waals surface area contributed by atoms with Crippen molar-refractivity contribution in [3.8, 4) is 11.5 Å². The Balaban J connectivity index is 2.19. The topological polar surface area (TPSA) is 93.6 Å². The van der Waals surface area contributed by atoms with Gasteiger partial charge in [-0.1, -0.05) is 95.2 Å². The predicted molar refractivity (Wildman–Crippen MR) is 182 cm³/mol. The molecule has 0 aliphatic carbocycles. The molecule has 44 heavy (non-hydrogen) atoms. The Hall–Kier alpha value is -4.06. The third-order valence-corrected chi connectivity index (χ3v) is 8.16. The Labute approximate surface area is 261 Å². The van der Waals surface area contributed by atoms with Crippen LogP contribution >= 0.6 is 0 Å². The number of hydrogen-bond acceptors (Lipinski definition) is 4. The molecular formula is C38H48N2O4. The van der Waals surface area contributed by atoms with Gasteiger partial charge in [0.1, 0.15) is 17.1 Å². The molecule has 0 radical (unpaired) electrons. The third kappa shape index (κ3) is 6.12. The van der Waals surface area contributed by atoms with Crippen LogP contribution in [0.5, 0.6) is 11.5 Å². The first kappa shape index (κ1) is 32.8. The number of carbonyl (C=O) groups excluding carboxylic acids is 1. The lowest BCUT2D eigenvalue weighted by molar-refractivity contribution is 0.0997. The second-order valence-corrected chi connectivity index (χ2v) is 16.0. The first-order valence-electron chi connectivity index (χ1n) is 15.2. The number of carbonyl (C=O) groups is 1. The number of aromatic amines is 1. The number of aromatic nitrogens is 1. The summed E-state index contributed by atoms with van der Waals surface area (Å²) in [6.07, 6.45) is 1.46. The summed E-state index contributed by atoms with van der Waals surface area (Å²) >= 11 is 0. The molecule has 3 aromatic carbocycles. The minimum absolute atomic E-state index is 0.0396. The monoisotopic (exact) mass is 596 g/mol. The highest BCUT2D eigenvalue weighted by Crippen LogP contribution is 2.47. The van der Waals surface area contributed by atoms with Crippen molar-refractivity contribution in [2.75, 3.05) is 4.90 Å². The van der Waals surface area contributed by atoms with Crippen LogP contribution in [0, 0.1) is 0 Å². The van der Waals surface area contributed by atoms with Gasteiger partial charge in [0.15, 0.2) is 0 Å². The summed E-state index contributed by atoms with van der Waals surface area (Å²) in [6, 6.07) is 14.3. The third-order valence-electron chi connectivity index (χ3n) is 8.16. The SMILES string of the molecule is CC(C)(C)c1cc(C(C)(C)C)c(N(C(=O)c2c[nH]c3ccccc3c2=O)c2cc(O)c(C(C)(C)C)cc2C(C)(C)C)cc1O. The number of phenols is 2. The number of amides is 1. The lowest BCUT2D eigenvalue weighted by atomic mass is 9.77. The van der Waals surface area contributed by atoms with Gasteiger partial charge in [-0.3, -0.25) is 14.5 Å². The van der Waals surface area contributed by atoms with Gasteiger partial charge in [0.25, 0.3) is 5.91 Å². The zero-order valence-electron chi connectivity index (χ0n) is 28.4. The summed E-state index contributed by atoms with van der Waals surface area (Å²) in [7, 11) is 0. The fraction of sp³-hybridized carbons (Fsp3) is 0.421. The number of phenolic OH excluding ortho intramolecular Hbond substituents is 2. The number of nitrogens with one attached hydrogen (secondary N) is 1. The second-order valence-electron chi connectivity index (χ2n) is 16.0. The molecule has 0 unspecified atom stereocenters. The molecule has 4 rings (SSSR count). The van der Waals surface area contributed by atoms with Gasteiger partial charge in [-0.15, -0.1) is 0 Å². The number of para-hydroxylation sites is 1. The minimum atomic E-state index is -0.557. The zero-order chi connectivity index (χ0) is 33.2. The quantitative estimate of drug-likeness (QED) is 0.220. The smallest absolute Gasteiger partial charge is 0.268 e. The minimum Gasteiger partial charge on any atom is -0.508 e. The van der Waals surface area contributed by atoms with Crippen LogP contribution in [-0.4, -0.2) is 21.1 Å². The highest BCUT2D eigenvalue weighted by molar-refractivity contribution is 6.13. The fourth-order valence-electron chi connectivity index (χ4n) is 5.72. The van der Waals surface area contributed by atoms with Gasteiger partial charge in [-0.25, -0.2) is 0 Å². The molecule has 1 aromatic heterocycles. The van der Waals surface area contributed by atoms with E-state index in [0.29, 0.717) is 22.3 Å². The number of benzene rings is 3. The maximum Gasteiger partial charge on any atom is 0.268 e. The number of nitrogens with zero attached hydrogens (tertiary/aromatic N) is 1. The number of rotatable bonds is 3. The van der Waals surface area contributed by atoms with Gasteiger partial charge in [0.05, 0.1) is 11.4 Å². The molecule has 0 spiro atoms. The van der Waals surface area contributed by atoms with E-state index in [-0.39, 0.29) is 27.9 Å². The van der Waals surface area contributed by atoms with Crippen molar-refractivity contribution in [2.45, 2.75) is 105 Å². The summed E-state index contributed by atoms with van der Waals surface area (Å²) in [5, 5.41) is 23.3. The van der Waals surface area contributed by atoms with Crippen LogP contribution in [-0.2, 0) is 21.7 Å². The number of H-pyrrole nitrogens is 1. The highest BCUT2D eigenvalue weighted by Gasteiger charge is 2.35. The van der Waals surface area contributed by atoms with Gasteiger partial charge < -0.3 is 15.2 Å². The van der Waals surface area contributed by atoms with Crippen LogP contribution in [0.25, 0.3) is 10.9 Å². The number of aromatic hydroxyl groups is 2. The molecule has 0 atom stereocenters. The summed E-state index contributed by atoms with van der Waals surface area (Å²) in [6.45, 7) is 24.6. The molecule has 0 aliphatic rings. The van der Waals surface area contributed by atoms with Crippen molar-refractivity contribution in [1.29, 1.82) is 0 Å². The first-order chi connectivity index (χ1) is 20.0. The standard InChI is InChI=1S/C38H48N2O4/c1-35(2,3)24-17-26(37(7,8)9)31(41)19-29(24)40(34(44)23-21-39-28-16-14-13-15-22(28)33(23)43)30-20-32(42)27(38(10,11)12)18-25(30)36(4,5)6/h13-21,41-42H,1-12H3,(H,39,43). The van der Waals surface area contributed by atoms with Gasteiger partial charge in [0, 0.05) is 29.2 Å². The summed E-state index contributed by atoms with van der Waals surface area (Å²) < 4.78 is 0. The van der Waals surface area contributed by atoms with Gasteiger partial charge in [-0.2, -0.15) is 0 Å². The van der Waals surface area contributed by atoms with Crippen molar-refractivity contribution >= 4 is 28.2 Å². The molecule has 1 heterocycles. The molecule has 6 nitrogen and oxygen atoms in total. The van der Waals surface area contributed by atoms with Gasteiger partial charge in [-0.05, 0) is 68.2 Å². The van der Waals surface area contributed by atoms with Crippen molar-refractivity contribution in [3.05, 3.63) is 92.8 Å². The van der Waals surface area contributed by atoms with Gasteiger partial charge >= 0.3 is 0 Å². The molecule has 0 bridgehead atoms. The van der Waals surface area contributed by atoms with E-state index in [4.69, 9.17) is 0 Å². The molecule has 0 aliphatic heterocycles. The molecule has 4 aromatic rings. The molecular weight excluding hydrogens is 548 g/mol. The number of pyridine rings is 1. The van der Waals surface area contributed by atoms with E-state index < -0.39 is 22.2 Å². The summed E-state index contributed by atoms with van der Waals surface area (Å²) in [5.41, 5.74) is 2.63. The van der Waals surface area contributed by atoms with E-state index in [0.717, 1.165) is 22.3 Å². The molecule has 0 saturated heterocycles. The maximum atomic E-state index is 14.9. The lowest BCUT2D eigenvalue weighted by Gasteiger charge is -2.36. The van der Waals surface area contributed by atoms with Crippen molar-refractivity contribution in [1.82, 2.24) is 4.98 Å². The number of anilines is 2. The summed E-state index contributed by atoms with van der Waals surface area (Å²) in [5.74, 6) is -0.448. The van der Waals surface area contributed by atoms with E-state index in [1.807, 2.05) is 59.7 Å². The Morgan fingerprint density at radius 1 is 0.636 bits per heavy atom. The predicted octanol–water partition coefficient (Wildman–Crippen LogP) is 9.11. The maximum absolute atomic E-state index is 14.9. The fourth-order valence-corrected chi connectivity index (χ4v) is 5.72. The van der Waals surface area contributed by atoms with Crippen LogP contribution in [0.4, 0.5) is 11.4 Å². The largest absolute Gasteiger partial charge is 0.508 e. The zero-order valence-corrected chi connectivity index (χ0v) is 28.4. The highest BCUT2D eigenvalue weighted by atomic mass is 16.3. The summed E-state index contributed by atoms with van der Waals surface area (Å²) in [4.78, 5) is 33.4. The van der Waals surface area contributed by atoms with Crippen molar-refractivity contribution in [3.63, 3.8) is 0 Å². The van der Waals surface area contributed by atoms with E-state index in [1.165, 1.54) is 11.1 Å². The van der Waals surface area contributed by atoms with Crippen LogP contribution in [0.3, 0.4) is 0 Å². The lowest BCUT2D eigenvalue weighted by Crippen LogP contribution is -2.35. The average Bonchev–Trinajstić information content (AvgIpc) is 2.86. The van der Waals surface area contributed by atoms with Crippen LogP contribution in [0.15, 0.2) is 59.5 Å². The Morgan fingerprint density at radius 3 is 1.45 bits per heavy atom. The first-order valence-corrected chi connectivity index (χ1v) is 15.2. The Bertz CT molecular complexity index is 1720. The number of fused-ring (bicyclic) bond motifs is 1. The molecule has 1 amide bonds. The van der Waals surface area contributed by atoms with Crippen LogP contribution in [0.1, 0.15) is 116 Å². The van der Waals surface area contributed by atoms with E-state index in [2.05, 4.69) is 46.5 Å².